The van der Waals surface area contributed by atoms with Gasteiger partial charge in [0.2, 0.25) is 5.91 Å². The van der Waals surface area contributed by atoms with E-state index in [0.717, 1.165) is 12.8 Å². The molecule has 1 saturated heterocycles. The Morgan fingerprint density at radius 2 is 2.07 bits per heavy atom. The normalized spacial score (nSPS) is 17.3. The monoisotopic (exact) mass is 449 g/mol. The van der Waals surface area contributed by atoms with E-state index in [9.17, 15) is 18.5 Å². The van der Waals surface area contributed by atoms with E-state index in [1.54, 1.807) is 39.9 Å². The molecule has 1 fully saturated rings. The zero-order valence-corrected chi connectivity index (χ0v) is 18.2. The van der Waals surface area contributed by atoms with Crippen LogP contribution in [0, 0.1) is 17.2 Å². The van der Waals surface area contributed by atoms with Crippen molar-refractivity contribution in [3.05, 3.63) is 48.4 Å². The molecule has 2 unspecified atom stereocenters. The third kappa shape index (κ3) is 5.19. The second-order valence-electron chi connectivity index (χ2n) is 7.45. The highest BCUT2D eigenvalue weighted by Crippen LogP contribution is 2.20. The number of sulfonamides is 1. The largest absolute Gasteiger partial charge is 0.341 e. The second kappa shape index (κ2) is 9.60. The first kappa shape index (κ1) is 22.3. The van der Waals surface area contributed by atoms with Gasteiger partial charge >= 0.3 is 0 Å². The molecule has 0 aromatic carbocycles. The van der Waals surface area contributed by atoms with Crippen LogP contribution in [0.5, 0.6) is 0 Å². The van der Waals surface area contributed by atoms with Gasteiger partial charge in [-0.1, -0.05) is 13.0 Å². The molecule has 3 rings (SSSR count). The van der Waals surface area contributed by atoms with E-state index >= 15 is 0 Å². The number of carbonyl (C=O) groups excluding carboxylic acids is 1. The lowest BCUT2D eigenvalue weighted by Crippen LogP contribution is -2.55. The molecule has 2 atom stereocenters. The van der Waals surface area contributed by atoms with Crippen molar-refractivity contribution in [1.82, 2.24) is 19.2 Å². The molecule has 1 N–H and O–H groups in total. The minimum absolute atomic E-state index is 0.100. The third-order valence-electron chi connectivity index (χ3n) is 5.23. The summed E-state index contributed by atoms with van der Waals surface area (Å²) in [6, 6.07) is 8.71. The fraction of sp³-hybridized carbons (Fsp3) is 0.450. The number of carbonyl (C=O) groups is 1. The van der Waals surface area contributed by atoms with Crippen LogP contribution in [0.2, 0.25) is 0 Å². The van der Waals surface area contributed by atoms with Crippen LogP contribution in [0.3, 0.4) is 0 Å². The van der Waals surface area contributed by atoms with Gasteiger partial charge in [0.05, 0.1) is 5.38 Å². The van der Waals surface area contributed by atoms with E-state index < -0.39 is 21.4 Å². The van der Waals surface area contributed by atoms with Gasteiger partial charge in [0, 0.05) is 32.0 Å². The van der Waals surface area contributed by atoms with Crippen molar-refractivity contribution < 1.29 is 13.2 Å². The highest BCUT2D eigenvalue weighted by atomic mass is 35.5. The summed E-state index contributed by atoms with van der Waals surface area (Å²) in [6.07, 6.45) is 4.75. The molecule has 1 aliphatic rings. The first-order valence-corrected chi connectivity index (χ1v) is 11.6. The van der Waals surface area contributed by atoms with E-state index in [1.807, 2.05) is 0 Å². The summed E-state index contributed by atoms with van der Waals surface area (Å²) in [4.78, 5) is 18.8. The van der Waals surface area contributed by atoms with Crippen molar-refractivity contribution in [3.63, 3.8) is 0 Å². The highest BCUT2D eigenvalue weighted by Gasteiger charge is 2.36. The Morgan fingerprint density at radius 3 is 2.70 bits per heavy atom. The summed E-state index contributed by atoms with van der Waals surface area (Å²) in [5.41, 5.74) is 0.381. The van der Waals surface area contributed by atoms with Crippen LogP contribution in [-0.2, 0) is 21.4 Å². The number of piperidine rings is 1. The molecule has 30 heavy (non-hydrogen) atoms. The van der Waals surface area contributed by atoms with Gasteiger partial charge in [-0.25, -0.2) is 13.4 Å². The molecule has 0 aliphatic carbocycles. The Balaban J connectivity index is 1.86. The van der Waals surface area contributed by atoms with Gasteiger partial charge in [0.25, 0.3) is 10.0 Å². The number of alkyl halides is 1. The zero-order valence-electron chi connectivity index (χ0n) is 16.6. The smallest absolute Gasteiger partial charge is 0.258 e. The number of aromatic nitrogens is 2. The zero-order chi connectivity index (χ0) is 21.7. The van der Waals surface area contributed by atoms with Crippen LogP contribution >= 0.6 is 11.6 Å². The number of amides is 1. The lowest BCUT2D eigenvalue weighted by atomic mass is 9.98. The number of halogens is 1. The van der Waals surface area contributed by atoms with E-state index in [0.29, 0.717) is 24.7 Å². The van der Waals surface area contributed by atoms with Crippen LogP contribution in [0.1, 0.15) is 25.5 Å². The van der Waals surface area contributed by atoms with Gasteiger partial charge < -0.3 is 9.47 Å². The van der Waals surface area contributed by atoms with Gasteiger partial charge in [0.1, 0.15) is 17.8 Å². The van der Waals surface area contributed by atoms with Crippen LogP contribution in [0.15, 0.2) is 47.8 Å². The summed E-state index contributed by atoms with van der Waals surface area (Å²) < 4.78 is 29.8. The van der Waals surface area contributed by atoms with Crippen molar-refractivity contribution in [2.75, 3.05) is 13.1 Å². The number of nitriles is 1. The van der Waals surface area contributed by atoms with Gasteiger partial charge in [-0.3, -0.25) is 4.79 Å². The SMILES string of the molecule is CC1CCN(C(=O)C(NS(=O)(=O)c2ccccn2)C(Cl)Cn2cccc2C#N)CC1. The third-order valence-corrected chi connectivity index (χ3v) is 6.98. The number of pyridine rings is 1. The Morgan fingerprint density at radius 1 is 1.33 bits per heavy atom. The van der Waals surface area contributed by atoms with Crippen LogP contribution in [0.25, 0.3) is 0 Å². The quantitative estimate of drug-likeness (QED) is 0.650. The van der Waals surface area contributed by atoms with Gasteiger partial charge in [-0.2, -0.15) is 9.98 Å². The van der Waals surface area contributed by atoms with E-state index in [-0.39, 0.29) is 17.5 Å². The van der Waals surface area contributed by atoms with Crippen molar-refractivity contribution in [3.8, 4) is 6.07 Å². The molecule has 2 aromatic heterocycles. The average molecular weight is 450 g/mol. The molecule has 10 heteroatoms. The van der Waals surface area contributed by atoms with Gasteiger partial charge in [0.15, 0.2) is 5.03 Å². The number of nitrogens with one attached hydrogen (secondary N) is 1. The predicted octanol–water partition coefficient (Wildman–Crippen LogP) is 1.97. The summed E-state index contributed by atoms with van der Waals surface area (Å²) in [5.74, 6) is 0.148. The second-order valence-corrected chi connectivity index (χ2v) is 9.67. The summed E-state index contributed by atoms with van der Waals surface area (Å²) >= 11 is 6.58. The molecule has 2 aromatic rings. The van der Waals surface area contributed by atoms with Crippen molar-refractivity contribution in [2.45, 2.75) is 42.8 Å². The van der Waals surface area contributed by atoms with Crippen molar-refractivity contribution >= 4 is 27.5 Å². The first-order chi connectivity index (χ1) is 14.3. The van der Waals surface area contributed by atoms with Crippen LogP contribution < -0.4 is 4.72 Å². The van der Waals surface area contributed by atoms with Crippen molar-refractivity contribution in [2.24, 2.45) is 5.92 Å². The molecular formula is C20H24ClN5O3S. The predicted molar refractivity (Wildman–Crippen MR) is 112 cm³/mol. The topological polar surface area (TPSA) is 108 Å². The first-order valence-electron chi connectivity index (χ1n) is 9.73. The Labute approximate surface area is 181 Å². The molecule has 1 amide bonds. The van der Waals surface area contributed by atoms with E-state index in [2.05, 4.69) is 22.7 Å². The fourth-order valence-corrected chi connectivity index (χ4v) is 4.98. The van der Waals surface area contributed by atoms with Crippen LogP contribution in [-0.4, -0.2) is 53.3 Å². The molecular weight excluding hydrogens is 426 g/mol. The van der Waals surface area contributed by atoms with Gasteiger partial charge in [-0.15, -0.1) is 11.6 Å². The van der Waals surface area contributed by atoms with E-state index in [4.69, 9.17) is 11.6 Å². The van der Waals surface area contributed by atoms with Crippen LogP contribution in [0.4, 0.5) is 0 Å². The maximum absolute atomic E-state index is 13.3. The molecule has 0 radical (unpaired) electrons. The highest BCUT2D eigenvalue weighted by molar-refractivity contribution is 7.89. The van der Waals surface area contributed by atoms with E-state index in [1.165, 1.54) is 12.3 Å². The summed E-state index contributed by atoms with van der Waals surface area (Å²) in [7, 11) is -4.06. The molecule has 3 heterocycles. The summed E-state index contributed by atoms with van der Waals surface area (Å²) in [5, 5.41) is 8.13. The summed E-state index contributed by atoms with van der Waals surface area (Å²) in [6.45, 7) is 3.34. The molecule has 160 valence electrons. The maximum Gasteiger partial charge on any atom is 0.258 e. The minimum atomic E-state index is -4.06. The molecule has 8 nitrogen and oxygen atoms in total. The number of hydrogen-bond acceptors (Lipinski definition) is 5. The molecule has 1 aliphatic heterocycles. The standard InChI is InChI=1S/C20H24ClN5O3S/c1-15-7-11-25(12-8-15)20(27)19(17(21)14-26-10-4-5-16(26)13-22)24-30(28,29)18-6-2-3-9-23-18/h2-6,9-10,15,17,19,24H,7-8,11-12,14H2,1H3. The number of nitrogens with zero attached hydrogens (tertiary/aromatic N) is 4. The lowest BCUT2D eigenvalue weighted by Gasteiger charge is -2.34. The number of hydrogen-bond donors (Lipinski definition) is 1. The molecule has 0 bridgehead atoms. The Hall–Kier alpha value is -2.41. The van der Waals surface area contributed by atoms with Gasteiger partial charge in [-0.05, 0) is 43.0 Å². The number of likely N-dealkylation sites (tertiary alicyclic amines) is 1. The lowest BCUT2D eigenvalue weighted by molar-refractivity contribution is -0.134. The molecule has 0 spiro atoms. The fourth-order valence-electron chi connectivity index (χ4n) is 3.41. The van der Waals surface area contributed by atoms with Crippen molar-refractivity contribution in [1.29, 1.82) is 5.26 Å². The Bertz CT molecular complexity index is 1010. The maximum atomic E-state index is 13.3. The Kier molecular flexibility index (Phi) is 7.13. The average Bonchev–Trinajstić information content (AvgIpc) is 3.19. The minimum Gasteiger partial charge on any atom is -0.341 e. The number of rotatable bonds is 7. The molecule has 0 saturated carbocycles.